The summed E-state index contributed by atoms with van der Waals surface area (Å²) in [7, 11) is 0. The van der Waals surface area contributed by atoms with Gasteiger partial charge in [-0.1, -0.05) is 12.1 Å². The van der Waals surface area contributed by atoms with Gasteiger partial charge in [-0.15, -0.1) is 0 Å². The summed E-state index contributed by atoms with van der Waals surface area (Å²) in [6.45, 7) is 5.30. The molecule has 0 bridgehead atoms. The Bertz CT molecular complexity index is 271. The van der Waals surface area contributed by atoms with Crippen LogP contribution in [-0.2, 0) is 6.42 Å². The van der Waals surface area contributed by atoms with Crippen LogP contribution in [0.3, 0.4) is 0 Å². The molecule has 1 aromatic rings. The fraction of sp³-hybridized carbons (Fsp3) is 0.125. The molecule has 3 nitrogen and oxygen atoms in total. The zero-order chi connectivity index (χ0) is 8.27. The summed E-state index contributed by atoms with van der Waals surface area (Å²) in [5.74, 6) is 0. The van der Waals surface area contributed by atoms with Crippen molar-refractivity contribution in [3.8, 4) is 0 Å². The summed E-state index contributed by atoms with van der Waals surface area (Å²) in [6.07, 6.45) is 0.335. The van der Waals surface area contributed by atoms with Crippen LogP contribution in [0.25, 0.3) is 0 Å². The fourth-order valence-electron chi connectivity index (χ4n) is 0.797. The smallest absolute Gasteiger partial charge is 0.258 e. The molecule has 0 heterocycles. The molecule has 0 atom stereocenters. The Labute approximate surface area is 64.8 Å². The number of nitro benzene ring substituents is 1. The minimum Gasteiger partial charge on any atom is -0.258 e. The van der Waals surface area contributed by atoms with Crippen molar-refractivity contribution in [2.75, 3.05) is 0 Å². The van der Waals surface area contributed by atoms with Crippen LogP contribution in [0.4, 0.5) is 5.69 Å². The van der Waals surface area contributed by atoms with Crippen molar-refractivity contribution in [3.63, 3.8) is 0 Å². The summed E-state index contributed by atoms with van der Waals surface area (Å²) in [5.41, 5.74) is 0.868. The Kier molecular flexibility index (Phi) is 2.21. The van der Waals surface area contributed by atoms with Gasteiger partial charge in [0.2, 0.25) is 0 Å². The third-order valence-electron chi connectivity index (χ3n) is 1.36. The summed E-state index contributed by atoms with van der Waals surface area (Å²) >= 11 is 0. The lowest BCUT2D eigenvalue weighted by atomic mass is 10.1. The minimum atomic E-state index is -0.431. The van der Waals surface area contributed by atoms with E-state index in [2.05, 4.69) is 0 Å². The Hall–Kier alpha value is -1.38. The quantitative estimate of drug-likeness (QED) is 0.475. The van der Waals surface area contributed by atoms with Crippen molar-refractivity contribution in [2.45, 2.75) is 6.42 Å². The van der Waals surface area contributed by atoms with Crippen molar-refractivity contribution in [1.82, 2.24) is 0 Å². The molecular formula is C8H7NO2. The van der Waals surface area contributed by atoms with Crippen LogP contribution in [0.2, 0.25) is 0 Å². The molecule has 0 aliphatic carbocycles. The molecule has 1 aromatic carbocycles. The van der Waals surface area contributed by atoms with E-state index < -0.39 is 4.92 Å². The normalized spacial score (nSPS) is 9.55. The van der Waals surface area contributed by atoms with Crippen LogP contribution in [0.15, 0.2) is 24.3 Å². The van der Waals surface area contributed by atoms with Gasteiger partial charge in [0.05, 0.1) is 4.92 Å². The van der Waals surface area contributed by atoms with E-state index in [1.165, 1.54) is 12.1 Å². The van der Waals surface area contributed by atoms with E-state index in [4.69, 9.17) is 6.92 Å². The number of nitrogens with zero attached hydrogens (tertiary/aromatic N) is 1. The first-order valence-electron chi connectivity index (χ1n) is 3.17. The molecule has 0 N–H and O–H groups in total. The standard InChI is InChI=1S/C8H7NO2/c1-2-7-4-3-5-8(6-7)9(10)11/h1,3-6H,2H2. The molecule has 0 aliphatic rings. The predicted octanol–water partition coefficient (Wildman–Crippen LogP) is 1.85. The number of non-ortho nitro benzene ring substituents is 1. The molecule has 11 heavy (non-hydrogen) atoms. The van der Waals surface area contributed by atoms with Crippen LogP contribution in [0, 0.1) is 17.0 Å². The van der Waals surface area contributed by atoms with Crippen molar-refractivity contribution < 1.29 is 4.92 Å². The maximum atomic E-state index is 10.2. The van der Waals surface area contributed by atoms with Gasteiger partial charge in [-0.05, 0) is 18.9 Å². The van der Waals surface area contributed by atoms with Gasteiger partial charge in [0.25, 0.3) is 5.69 Å². The number of rotatable bonds is 2. The van der Waals surface area contributed by atoms with Crippen LogP contribution in [0.5, 0.6) is 0 Å². The van der Waals surface area contributed by atoms with Crippen LogP contribution in [-0.4, -0.2) is 4.92 Å². The maximum Gasteiger partial charge on any atom is 0.269 e. The molecule has 0 saturated heterocycles. The Morgan fingerprint density at radius 2 is 2.27 bits per heavy atom. The highest BCUT2D eigenvalue weighted by Gasteiger charge is 2.03. The van der Waals surface area contributed by atoms with Gasteiger partial charge in [-0.3, -0.25) is 10.1 Å². The van der Waals surface area contributed by atoms with E-state index >= 15 is 0 Å². The third-order valence-corrected chi connectivity index (χ3v) is 1.36. The Morgan fingerprint density at radius 3 is 2.82 bits per heavy atom. The fourth-order valence-corrected chi connectivity index (χ4v) is 0.797. The molecule has 0 amide bonds. The lowest BCUT2D eigenvalue weighted by molar-refractivity contribution is -0.384. The van der Waals surface area contributed by atoms with E-state index in [9.17, 15) is 10.1 Å². The number of hydrogen-bond acceptors (Lipinski definition) is 2. The van der Waals surface area contributed by atoms with E-state index in [0.29, 0.717) is 6.42 Å². The first-order valence-corrected chi connectivity index (χ1v) is 3.17. The highest BCUT2D eigenvalue weighted by Crippen LogP contribution is 2.12. The van der Waals surface area contributed by atoms with Gasteiger partial charge in [0.1, 0.15) is 0 Å². The highest BCUT2D eigenvalue weighted by molar-refractivity contribution is 5.34. The average molecular weight is 149 g/mol. The Balaban J connectivity index is 3.01. The lowest BCUT2D eigenvalue weighted by Gasteiger charge is -1.94. The van der Waals surface area contributed by atoms with E-state index in [1.54, 1.807) is 12.1 Å². The molecule has 0 saturated carbocycles. The molecule has 0 aromatic heterocycles. The minimum absolute atomic E-state index is 0.0907. The molecule has 2 radical (unpaired) electrons. The van der Waals surface area contributed by atoms with Crippen molar-refractivity contribution in [1.29, 1.82) is 0 Å². The zero-order valence-corrected chi connectivity index (χ0v) is 5.86. The first-order chi connectivity index (χ1) is 5.24. The van der Waals surface area contributed by atoms with Gasteiger partial charge in [-0.2, -0.15) is 0 Å². The van der Waals surface area contributed by atoms with Crippen molar-refractivity contribution >= 4 is 5.69 Å². The first kappa shape index (κ1) is 7.72. The van der Waals surface area contributed by atoms with Gasteiger partial charge in [-0.25, -0.2) is 0 Å². The number of benzene rings is 1. The molecule has 0 unspecified atom stereocenters. The third kappa shape index (κ3) is 1.77. The summed E-state index contributed by atoms with van der Waals surface area (Å²) in [4.78, 5) is 9.80. The molecule has 56 valence electrons. The number of hydrogen-bond donors (Lipinski definition) is 0. The predicted molar refractivity (Wildman–Crippen MR) is 41.1 cm³/mol. The molecular weight excluding hydrogens is 142 g/mol. The lowest BCUT2D eigenvalue weighted by Crippen LogP contribution is -1.88. The molecule has 1 rings (SSSR count). The van der Waals surface area contributed by atoms with Crippen LogP contribution >= 0.6 is 0 Å². The summed E-state index contributed by atoms with van der Waals surface area (Å²) in [6, 6.07) is 6.30. The summed E-state index contributed by atoms with van der Waals surface area (Å²) < 4.78 is 0. The topological polar surface area (TPSA) is 43.1 Å². The monoisotopic (exact) mass is 149 g/mol. The molecule has 0 fully saturated rings. The average Bonchev–Trinajstić information content (AvgIpc) is 2.05. The zero-order valence-electron chi connectivity index (χ0n) is 5.86. The second-order valence-corrected chi connectivity index (χ2v) is 2.13. The van der Waals surface area contributed by atoms with E-state index in [1.807, 2.05) is 0 Å². The van der Waals surface area contributed by atoms with E-state index in [-0.39, 0.29) is 5.69 Å². The van der Waals surface area contributed by atoms with E-state index in [0.717, 1.165) is 5.56 Å². The SMILES string of the molecule is [CH]Cc1cccc([N+](=O)[O-])c1. The van der Waals surface area contributed by atoms with Gasteiger partial charge >= 0.3 is 0 Å². The number of nitro groups is 1. The van der Waals surface area contributed by atoms with Crippen molar-refractivity contribution in [3.05, 3.63) is 46.9 Å². The van der Waals surface area contributed by atoms with Gasteiger partial charge in [0, 0.05) is 12.1 Å². The summed E-state index contributed by atoms with van der Waals surface area (Å²) in [5, 5.41) is 10.2. The van der Waals surface area contributed by atoms with Crippen molar-refractivity contribution in [2.24, 2.45) is 0 Å². The van der Waals surface area contributed by atoms with Crippen LogP contribution < -0.4 is 0 Å². The molecule has 0 aliphatic heterocycles. The second kappa shape index (κ2) is 3.14. The largest absolute Gasteiger partial charge is 0.269 e. The maximum absolute atomic E-state index is 10.2. The molecule has 3 heteroatoms. The van der Waals surface area contributed by atoms with Gasteiger partial charge in [0.15, 0.2) is 0 Å². The van der Waals surface area contributed by atoms with Crippen LogP contribution in [0.1, 0.15) is 5.56 Å². The van der Waals surface area contributed by atoms with Gasteiger partial charge < -0.3 is 0 Å². The Morgan fingerprint density at radius 1 is 1.55 bits per heavy atom. The second-order valence-electron chi connectivity index (χ2n) is 2.13. The molecule has 0 spiro atoms. The highest BCUT2D eigenvalue weighted by atomic mass is 16.6.